The number of nitrogens with zero attached hydrogens (tertiary/aromatic N) is 1. The number of hydrogen-bond acceptors (Lipinski definition) is 14. The SMILES string of the molecule is CC.CC1/C=C/CCC(C)(C(=O)NCCOCCOCCOCCN(CCOCCOCCOCCC=O)CCOCCOCCOCCC(=O)O)CC1.CO. The van der Waals surface area contributed by atoms with Crippen LogP contribution in [0.3, 0.4) is 0 Å². The van der Waals surface area contributed by atoms with Gasteiger partial charge in [-0.25, -0.2) is 0 Å². The van der Waals surface area contributed by atoms with Crippen LogP contribution in [0, 0.1) is 11.3 Å². The van der Waals surface area contributed by atoms with Crippen LogP contribution >= 0.6 is 0 Å². The first kappa shape index (κ1) is 56.0. The Morgan fingerprint density at radius 2 is 1.09 bits per heavy atom. The number of aliphatic carboxylic acids is 1. The molecule has 1 aliphatic carbocycles. The molecule has 0 aromatic rings. The second kappa shape index (κ2) is 44.0. The van der Waals surface area contributed by atoms with Crippen LogP contribution in [0.4, 0.5) is 0 Å². The van der Waals surface area contributed by atoms with E-state index in [-0.39, 0.29) is 24.3 Å². The maximum Gasteiger partial charge on any atom is 0.305 e. The molecule has 0 saturated heterocycles. The lowest BCUT2D eigenvalue weighted by Gasteiger charge is -2.30. The van der Waals surface area contributed by atoms with E-state index in [9.17, 15) is 14.4 Å². The van der Waals surface area contributed by atoms with Crippen molar-refractivity contribution in [3.8, 4) is 0 Å². The Labute approximate surface area is 337 Å². The fourth-order valence-corrected chi connectivity index (χ4v) is 5.01. The highest BCUT2D eigenvalue weighted by Crippen LogP contribution is 2.33. The zero-order chi connectivity index (χ0) is 41.8. The highest BCUT2D eigenvalue weighted by molar-refractivity contribution is 5.82. The zero-order valence-corrected chi connectivity index (χ0v) is 35.3. The molecule has 1 amide bonds. The fourth-order valence-electron chi connectivity index (χ4n) is 5.01. The molecule has 0 spiro atoms. The van der Waals surface area contributed by atoms with Crippen molar-refractivity contribution in [2.75, 3.05) is 152 Å². The van der Waals surface area contributed by atoms with Gasteiger partial charge in [0.05, 0.1) is 125 Å². The van der Waals surface area contributed by atoms with Crippen LogP contribution < -0.4 is 5.32 Å². The summed E-state index contributed by atoms with van der Waals surface area (Å²) in [4.78, 5) is 35.8. The Hall–Kier alpha value is -2.09. The molecule has 0 aliphatic heterocycles. The van der Waals surface area contributed by atoms with E-state index in [1.165, 1.54) is 0 Å². The number of allylic oxidation sites excluding steroid dienone is 2. The van der Waals surface area contributed by atoms with E-state index < -0.39 is 5.97 Å². The number of hydrogen-bond donors (Lipinski definition) is 3. The van der Waals surface area contributed by atoms with Crippen LogP contribution in [-0.2, 0) is 57.0 Å². The first-order valence-corrected chi connectivity index (χ1v) is 20.3. The lowest BCUT2D eigenvalue weighted by Crippen LogP contribution is -2.41. The predicted octanol–water partition coefficient (Wildman–Crippen LogP) is 3.03. The summed E-state index contributed by atoms with van der Waals surface area (Å²) >= 11 is 0. The third-order valence-corrected chi connectivity index (χ3v) is 8.29. The molecule has 0 aromatic carbocycles. The molecule has 56 heavy (non-hydrogen) atoms. The summed E-state index contributed by atoms with van der Waals surface area (Å²) < 4.78 is 49.9. The van der Waals surface area contributed by atoms with Gasteiger partial charge >= 0.3 is 5.97 Å². The first-order chi connectivity index (χ1) is 27.4. The predicted molar refractivity (Wildman–Crippen MR) is 214 cm³/mol. The van der Waals surface area contributed by atoms with Gasteiger partial charge in [-0.3, -0.25) is 14.5 Å². The molecule has 1 aliphatic rings. The summed E-state index contributed by atoms with van der Waals surface area (Å²) in [5, 5.41) is 18.7. The number of amides is 1. The largest absolute Gasteiger partial charge is 0.481 e. The van der Waals surface area contributed by atoms with Crippen molar-refractivity contribution in [1.29, 1.82) is 0 Å². The molecule has 1 rings (SSSR count). The van der Waals surface area contributed by atoms with E-state index in [1.54, 1.807) is 0 Å². The highest BCUT2D eigenvalue weighted by Gasteiger charge is 2.32. The fraction of sp³-hybridized carbons (Fsp3) is 0.875. The summed E-state index contributed by atoms with van der Waals surface area (Å²) in [6, 6.07) is 0. The summed E-state index contributed by atoms with van der Waals surface area (Å²) in [6.07, 6.45) is 9.38. The van der Waals surface area contributed by atoms with E-state index in [0.717, 1.165) is 39.1 Å². The molecule has 0 heterocycles. The lowest BCUT2D eigenvalue weighted by molar-refractivity contribution is -0.138. The molecular formula is C40H78N2O14. The lowest BCUT2D eigenvalue weighted by atomic mass is 9.77. The van der Waals surface area contributed by atoms with Crippen LogP contribution in [0.25, 0.3) is 0 Å². The molecule has 3 N–H and O–H groups in total. The van der Waals surface area contributed by atoms with E-state index >= 15 is 0 Å². The summed E-state index contributed by atoms with van der Waals surface area (Å²) in [5.41, 5.74) is -0.327. The van der Waals surface area contributed by atoms with Gasteiger partial charge < -0.3 is 63.0 Å². The Morgan fingerprint density at radius 1 is 0.679 bits per heavy atom. The third kappa shape index (κ3) is 37.5. The minimum atomic E-state index is -0.884. The van der Waals surface area contributed by atoms with Gasteiger partial charge in [0.2, 0.25) is 5.91 Å². The summed E-state index contributed by atoms with van der Waals surface area (Å²) in [7, 11) is 1.00. The molecule has 16 nitrogen and oxygen atoms in total. The van der Waals surface area contributed by atoms with Crippen molar-refractivity contribution in [2.24, 2.45) is 11.3 Å². The van der Waals surface area contributed by atoms with Crippen LogP contribution in [0.5, 0.6) is 0 Å². The molecule has 2 atom stereocenters. The topological polar surface area (TPSA) is 190 Å². The highest BCUT2D eigenvalue weighted by atomic mass is 16.6. The Balaban J connectivity index is 0. The molecule has 0 fully saturated rings. The van der Waals surface area contributed by atoms with E-state index in [4.69, 9.17) is 52.8 Å². The number of carbonyl (C=O) groups excluding carboxylic acids is 2. The standard InChI is InChI=1S/C37H68N2O13.C2H6.CH4O/c1-34-6-3-4-9-37(2,10-7-34)36(43)38-11-18-46-24-30-52-33-27-49-21-14-39(12-19-47-25-31-50-28-22-44-16-5-15-40)13-20-48-26-32-51-29-23-45-17-8-35(41)42;2*1-2/h3,6,15,34H,4-5,7-14,16-33H2,1-2H3,(H,38,43)(H,41,42);1-2H3;2H,1H3/b6-3+;;. The van der Waals surface area contributed by atoms with Crippen LogP contribution in [0.15, 0.2) is 12.2 Å². The number of aliphatic hydroxyl groups excluding tert-OH is 1. The molecule has 16 heteroatoms. The average Bonchev–Trinajstić information content (AvgIpc) is 3.20. The van der Waals surface area contributed by atoms with E-state index in [0.29, 0.717) is 151 Å². The number of rotatable bonds is 37. The number of nitrogens with one attached hydrogen (secondary N) is 1. The number of carboxylic acid groups (broad SMARTS) is 1. The van der Waals surface area contributed by atoms with Crippen molar-refractivity contribution >= 4 is 18.2 Å². The summed E-state index contributed by atoms with van der Waals surface area (Å²) in [5.74, 6) is -0.259. The normalized spacial score (nSPS) is 17.2. The van der Waals surface area contributed by atoms with Gasteiger partial charge in [0.1, 0.15) is 6.29 Å². The van der Waals surface area contributed by atoms with E-state index in [2.05, 4.69) is 36.2 Å². The Kier molecular flexibility index (Phi) is 44.0. The molecular weight excluding hydrogens is 732 g/mol. The van der Waals surface area contributed by atoms with Gasteiger partial charge in [0.25, 0.3) is 0 Å². The number of carboxylic acids is 1. The summed E-state index contributed by atoms with van der Waals surface area (Å²) in [6.45, 7) is 18.8. The smallest absolute Gasteiger partial charge is 0.305 e. The number of carbonyl (C=O) groups is 3. The van der Waals surface area contributed by atoms with Gasteiger partial charge in [-0.15, -0.1) is 0 Å². The van der Waals surface area contributed by atoms with Crippen molar-refractivity contribution in [1.82, 2.24) is 10.2 Å². The molecule has 332 valence electrons. The Bertz CT molecular complexity index is 901. The van der Waals surface area contributed by atoms with E-state index in [1.807, 2.05) is 13.8 Å². The molecule has 0 saturated carbocycles. The minimum Gasteiger partial charge on any atom is -0.481 e. The first-order valence-electron chi connectivity index (χ1n) is 20.3. The van der Waals surface area contributed by atoms with Gasteiger partial charge in [-0.1, -0.05) is 39.8 Å². The second-order valence-electron chi connectivity index (χ2n) is 12.8. The monoisotopic (exact) mass is 811 g/mol. The quantitative estimate of drug-likeness (QED) is 0.0472. The maximum absolute atomic E-state index is 12.8. The van der Waals surface area contributed by atoms with Crippen LogP contribution in [0.1, 0.15) is 66.2 Å². The van der Waals surface area contributed by atoms with Gasteiger partial charge in [0.15, 0.2) is 0 Å². The molecule has 2 unspecified atom stereocenters. The van der Waals surface area contributed by atoms with Crippen molar-refractivity contribution in [3.63, 3.8) is 0 Å². The Morgan fingerprint density at radius 3 is 1.54 bits per heavy atom. The van der Waals surface area contributed by atoms with Crippen LogP contribution in [0.2, 0.25) is 0 Å². The number of ether oxygens (including phenoxy) is 9. The van der Waals surface area contributed by atoms with Crippen molar-refractivity contribution in [2.45, 2.75) is 66.2 Å². The molecule has 0 radical (unpaired) electrons. The molecule has 0 aromatic heterocycles. The van der Waals surface area contributed by atoms with Crippen LogP contribution in [-0.4, -0.2) is 185 Å². The zero-order valence-electron chi connectivity index (χ0n) is 35.3. The van der Waals surface area contributed by atoms with Gasteiger partial charge in [-0.05, 0) is 31.6 Å². The molecule has 0 bridgehead atoms. The number of aldehydes is 1. The van der Waals surface area contributed by atoms with Crippen molar-refractivity contribution in [3.05, 3.63) is 12.2 Å². The van der Waals surface area contributed by atoms with Gasteiger partial charge in [-0.2, -0.15) is 0 Å². The average molecular weight is 811 g/mol. The van der Waals surface area contributed by atoms with Gasteiger partial charge in [0, 0.05) is 45.1 Å². The van der Waals surface area contributed by atoms with Crippen molar-refractivity contribution < 1.29 is 67.2 Å². The maximum atomic E-state index is 12.8. The minimum absolute atomic E-state index is 0.0195. The number of aliphatic hydroxyl groups is 1. The third-order valence-electron chi connectivity index (χ3n) is 8.29. The second-order valence-corrected chi connectivity index (χ2v) is 12.8.